The molecular formula is C23H29NO5. The summed E-state index contributed by atoms with van der Waals surface area (Å²) in [5.74, 6) is 1.77. The average Bonchev–Trinajstić information content (AvgIpc) is 3.02. The van der Waals surface area contributed by atoms with Gasteiger partial charge < -0.3 is 24.2 Å². The summed E-state index contributed by atoms with van der Waals surface area (Å²) in [7, 11) is 4.72. The largest absolute Gasteiger partial charge is 0.493 e. The van der Waals surface area contributed by atoms with E-state index < -0.39 is 0 Å². The lowest BCUT2D eigenvalue weighted by atomic mass is 9.78. The molecule has 2 aromatic rings. The third kappa shape index (κ3) is 4.65. The molecule has 6 nitrogen and oxygen atoms in total. The van der Waals surface area contributed by atoms with Gasteiger partial charge in [0.05, 0.1) is 21.3 Å². The van der Waals surface area contributed by atoms with E-state index in [1.807, 2.05) is 35.2 Å². The summed E-state index contributed by atoms with van der Waals surface area (Å²) in [6.07, 6.45) is 1.80. The topological polar surface area (TPSA) is 68.2 Å². The van der Waals surface area contributed by atoms with Crippen molar-refractivity contribution in [2.75, 3.05) is 34.5 Å². The third-order valence-electron chi connectivity index (χ3n) is 5.57. The second kappa shape index (κ2) is 9.18. The van der Waals surface area contributed by atoms with Gasteiger partial charge in [-0.05, 0) is 36.1 Å². The number of carbonyl (C=O) groups excluding carboxylic acids is 1. The van der Waals surface area contributed by atoms with Crippen molar-refractivity contribution in [2.24, 2.45) is 5.41 Å². The second-order valence-electron chi connectivity index (χ2n) is 7.60. The Morgan fingerprint density at radius 2 is 1.66 bits per heavy atom. The maximum absolute atomic E-state index is 12.8. The van der Waals surface area contributed by atoms with Crippen molar-refractivity contribution in [1.29, 1.82) is 0 Å². The Hall–Kier alpha value is -2.73. The van der Waals surface area contributed by atoms with Crippen LogP contribution >= 0.6 is 0 Å². The van der Waals surface area contributed by atoms with Crippen LogP contribution in [0.5, 0.6) is 17.2 Å². The Labute approximate surface area is 172 Å². The van der Waals surface area contributed by atoms with Crippen LogP contribution in [-0.4, -0.2) is 50.4 Å². The van der Waals surface area contributed by atoms with Gasteiger partial charge in [0.2, 0.25) is 11.7 Å². The van der Waals surface area contributed by atoms with Crippen LogP contribution in [0.15, 0.2) is 42.5 Å². The highest BCUT2D eigenvalue weighted by atomic mass is 16.5. The fourth-order valence-electron chi connectivity index (χ4n) is 4.21. The zero-order chi connectivity index (χ0) is 20.9. The van der Waals surface area contributed by atoms with Gasteiger partial charge in [-0.2, -0.15) is 0 Å². The molecule has 29 heavy (non-hydrogen) atoms. The Kier molecular flexibility index (Phi) is 6.64. The van der Waals surface area contributed by atoms with Crippen molar-refractivity contribution in [3.8, 4) is 17.2 Å². The molecule has 0 aromatic heterocycles. The van der Waals surface area contributed by atoms with E-state index in [0.29, 0.717) is 43.2 Å². The van der Waals surface area contributed by atoms with E-state index in [-0.39, 0.29) is 17.9 Å². The summed E-state index contributed by atoms with van der Waals surface area (Å²) in [6, 6.07) is 13.9. The minimum absolute atomic E-state index is 0.0676. The van der Waals surface area contributed by atoms with Crippen molar-refractivity contribution < 1.29 is 24.1 Å². The fraction of sp³-hybridized carbons (Fsp3) is 0.435. The zero-order valence-electron chi connectivity index (χ0n) is 17.3. The normalized spacial score (nSPS) is 18.8. The number of benzene rings is 2. The Morgan fingerprint density at radius 1 is 1.00 bits per heavy atom. The molecule has 1 saturated heterocycles. The fourth-order valence-corrected chi connectivity index (χ4v) is 4.21. The van der Waals surface area contributed by atoms with Crippen LogP contribution in [0.1, 0.15) is 24.0 Å². The lowest BCUT2D eigenvalue weighted by molar-refractivity contribution is -0.128. The molecule has 6 heteroatoms. The maximum atomic E-state index is 12.8. The summed E-state index contributed by atoms with van der Waals surface area (Å²) >= 11 is 0. The number of amides is 1. The molecule has 1 aliphatic heterocycles. The van der Waals surface area contributed by atoms with Crippen molar-refractivity contribution in [3.05, 3.63) is 53.6 Å². The molecule has 0 aliphatic carbocycles. The van der Waals surface area contributed by atoms with Gasteiger partial charge in [-0.15, -0.1) is 0 Å². The van der Waals surface area contributed by atoms with Crippen LogP contribution in [0.25, 0.3) is 0 Å². The standard InChI is InChI=1S/C23H29NO5/c1-27-19-11-18(12-20(28-2)22(19)29-3)15-24-16-23(9-10-25,14-21(24)26)13-17-7-5-4-6-8-17/h4-8,11-12,25H,9-10,13-16H2,1-3H3. The molecule has 1 N–H and O–H groups in total. The molecule has 2 aromatic carbocycles. The number of hydrogen-bond acceptors (Lipinski definition) is 5. The summed E-state index contributed by atoms with van der Waals surface area (Å²) < 4.78 is 16.2. The van der Waals surface area contributed by atoms with Crippen LogP contribution in [0.3, 0.4) is 0 Å². The van der Waals surface area contributed by atoms with E-state index in [0.717, 1.165) is 12.0 Å². The highest BCUT2D eigenvalue weighted by Gasteiger charge is 2.42. The van der Waals surface area contributed by atoms with E-state index in [4.69, 9.17) is 14.2 Å². The van der Waals surface area contributed by atoms with Gasteiger partial charge >= 0.3 is 0 Å². The first kappa shape index (κ1) is 21.0. The molecule has 0 bridgehead atoms. The van der Waals surface area contributed by atoms with E-state index in [9.17, 15) is 9.90 Å². The van der Waals surface area contributed by atoms with Crippen molar-refractivity contribution in [3.63, 3.8) is 0 Å². The smallest absolute Gasteiger partial charge is 0.223 e. The van der Waals surface area contributed by atoms with Crippen LogP contribution in [-0.2, 0) is 17.8 Å². The zero-order valence-corrected chi connectivity index (χ0v) is 17.3. The Balaban J connectivity index is 1.82. The number of ether oxygens (including phenoxy) is 3. The molecule has 156 valence electrons. The average molecular weight is 399 g/mol. The predicted molar refractivity (Wildman–Crippen MR) is 110 cm³/mol. The molecular weight excluding hydrogens is 370 g/mol. The summed E-state index contributed by atoms with van der Waals surface area (Å²) in [5, 5.41) is 9.65. The lowest BCUT2D eigenvalue weighted by Gasteiger charge is -2.28. The third-order valence-corrected chi connectivity index (χ3v) is 5.57. The van der Waals surface area contributed by atoms with Gasteiger partial charge in [0.15, 0.2) is 11.5 Å². The molecule has 1 aliphatic rings. The van der Waals surface area contributed by atoms with Crippen LogP contribution in [0, 0.1) is 5.41 Å². The summed E-state index contributed by atoms with van der Waals surface area (Å²) in [6.45, 7) is 1.13. The van der Waals surface area contributed by atoms with Gasteiger partial charge in [-0.1, -0.05) is 30.3 Å². The number of carbonyl (C=O) groups is 1. The van der Waals surface area contributed by atoms with Crippen molar-refractivity contribution in [1.82, 2.24) is 4.90 Å². The first-order chi connectivity index (χ1) is 14.0. The molecule has 1 heterocycles. The number of hydrogen-bond donors (Lipinski definition) is 1. The molecule has 3 rings (SSSR count). The first-order valence-corrected chi connectivity index (χ1v) is 9.75. The molecule has 1 amide bonds. The SMILES string of the molecule is COc1cc(CN2CC(CCO)(Cc3ccccc3)CC2=O)cc(OC)c1OC. The van der Waals surface area contributed by atoms with Gasteiger partial charge in [0.25, 0.3) is 0 Å². The van der Waals surface area contributed by atoms with Crippen LogP contribution in [0.4, 0.5) is 0 Å². The van der Waals surface area contributed by atoms with Crippen molar-refractivity contribution >= 4 is 5.91 Å². The molecule has 0 radical (unpaired) electrons. The molecule has 1 fully saturated rings. The summed E-state index contributed by atoms with van der Waals surface area (Å²) in [5.41, 5.74) is 1.84. The minimum atomic E-state index is -0.256. The number of rotatable bonds is 9. The van der Waals surface area contributed by atoms with E-state index in [2.05, 4.69) is 12.1 Å². The van der Waals surface area contributed by atoms with E-state index >= 15 is 0 Å². The number of aliphatic hydroxyl groups is 1. The highest BCUT2D eigenvalue weighted by molar-refractivity contribution is 5.79. The second-order valence-corrected chi connectivity index (χ2v) is 7.60. The van der Waals surface area contributed by atoms with E-state index in [1.54, 1.807) is 21.3 Å². The molecule has 1 atom stereocenters. The number of nitrogens with zero attached hydrogens (tertiary/aromatic N) is 1. The lowest BCUT2D eigenvalue weighted by Crippen LogP contribution is -2.30. The first-order valence-electron chi connectivity index (χ1n) is 9.75. The number of methoxy groups -OCH3 is 3. The van der Waals surface area contributed by atoms with Crippen LogP contribution < -0.4 is 14.2 Å². The Morgan fingerprint density at radius 3 is 2.21 bits per heavy atom. The maximum Gasteiger partial charge on any atom is 0.223 e. The van der Waals surface area contributed by atoms with Crippen molar-refractivity contribution in [2.45, 2.75) is 25.8 Å². The van der Waals surface area contributed by atoms with Gasteiger partial charge in [-0.3, -0.25) is 4.79 Å². The summed E-state index contributed by atoms with van der Waals surface area (Å²) in [4.78, 5) is 14.7. The van der Waals surface area contributed by atoms with Gasteiger partial charge in [0.1, 0.15) is 0 Å². The Bertz CT molecular complexity index is 813. The highest BCUT2D eigenvalue weighted by Crippen LogP contribution is 2.41. The number of likely N-dealkylation sites (tertiary alicyclic amines) is 1. The van der Waals surface area contributed by atoms with Gasteiger partial charge in [-0.25, -0.2) is 0 Å². The van der Waals surface area contributed by atoms with E-state index in [1.165, 1.54) is 5.56 Å². The minimum Gasteiger partial charge on any atom is -0.493 e. The van der Waals surface area contributed by atoms with Crippen LogP contribution in [0.2, 0.25) is 0 Å². The monoisotopic (exact) mass is 399 g/mol. The molecule has 0 saturated carbocycles. The molecule has 0 spiro atoms. The quantitative estimate of drug-likeness (QED) is 0.702. The van der Waals surface area contributed by atoms with Gasteiger partial charge in [0, 0.05) is 31.5 Å². The number of aliphatic hydroxyl groups excluding tert-OH is 1. The molecule has 1 unspecified atom stereocenters. The predicted octanol–water partition coefficient (Wildman–Crippen LogP) is 3.06.